The van der Waals surface area contributed by atoms with Gasteiger partial charge < -0.3 is 14.8 Å². The Balaban J connectivity index is 1.36. The predicted molar refractivity (Wildman–Crippen MR) is 98.2 cm³/mol. The third-order valence-corrected chi connectivity index (χ3v) is 4.67. The van der Waals surface area contributed by atoms with E-state index < -0.39 is 0 Å². The van der Waals surface area contributed by atoms with Gasteiger partial charge in [0.05, 0.1) is 13.3 Å². The molecule has 1 aliphatic rings. The summed E-state index contributed by atoms with van der Waals surface area (Å²) >= 11 is 0. The number of rotatable bonds is 7. The first-order valence-electron chi connectivity index (χ1n) is 9.08. The van der Waals surface area contributed by atoms with Crippen LogP contribution in [0.2, 0.25) is 0 Å². The second-order valence-electron chi connectivity index (χ2n) is 6.55. The number of carbonyl (C=O) groups excluding carboxylic acids is 1. The maximum Gasteiger partial charge on any atom is 0.232 e. The highest BCUT2D eigenvalue weighted by molar-refractivity contribution is 5.76. The van der Waals surface area contributed by atoms with Crippen molar-refractivity contribution in [3.63, 3.8) is 0 Å². The molecule has 6 nitrogen and oxygen atoms in total. The van der Waals surface area contributed by atoms with E-state index >= 15 is 0 Å². The molecule has 0 unspecified atom stereocenters. The summed E-state index contributed by atoms with van der Waals surface area (Å²) in [6.45, 7) is 0. The number of aromatic nitrogens is 2. The lowest BCUT2D eigenvalue weighted by Gasteiger charge is -2.29. The highest BCUT2D eigenvalue weighted by atomic mass is 16.5. The fraction of sp³-hybridized carbons (Fsp3) is 0.450. The first-order chi connectivity index (χ1) is 12.7. The lowest BCUT2D eigenvalue weighted by molar-refractivity contribution is -0.122. The van der Waals surface area contributed by atoms with Crippen LogP contribution in [0.3, 0.4) is 0 Å². The second kappa shape index (κ2) is 9.17. The van der Waals surface area contributed by atoms with Crippen molar-refractivity contribution in [2.24, 2.45) is 0 Å². The van der Waals surface area contributed by atoms with Gasteiger partial charge in [-0.25, -0.2) is 4.98 Å². The minimum Gasteiger partial charge on any atom is -0.497 e. The summed E-state index contributed by atoms with van der Waals surface area (Å²) in [5, 5.41) is 3.15. The van der Waals surface area contributed by atoms with Crippen LogP contribution in [-0.2, 0) is 11.2 Å². The molecule has 138 valence electrons. The van der Waals surface area contributed by atoms with Crippen LogP contribution in [0.15, 0.2) is 42.9 Å². The number of nitrogens with zero attached hydrogens (tertiary/aromatic N) is 2. The molecular weight excluding hydrogens is 330 g/mol. The molecule has 1 aliphatic carbocycles. The number of nitrogens with one attached hydrogen (secondary N) is 1. The zero-order valence-corrected chi connectivity index (χ0v) is 15.1. The molecule has 1 saturated carbocycles. The Kier molecular flexibility index (Phi) is 6.41. The zero-order chi connectivity index (χ0) is 18.2. The molecule has 26 heavy (non-hydrogen) atoms. The first-order valence-corrected chi connectivity index (χ1v) is 9.08. The molecule has 0 radical (unpaired) electrons. The van der Waals surface area contributed by atoms with Gasteiger partial charge in [-0.1, -0.05) is 12.1 Å². The summed E-state index contributed by atoms with van der Waals surface area (Å²) in [4.78, 5) is 20.3. The van der Waals surface area contributed by atoms with Gasteiger partial charge in [0, 0.05) is 24.9 Å². The van der Waals surface area contributed by atoms with Gasteiger partial charge in [-0.05, 0) is 49.8 Å². The van der Waals surface area contributed by atoms with Crippen LogP contribution in [0, 0.1) is 0 Å². The van der Waals surface area contributed by atoms with Gasteiger partial charge in [0.2, 0.25) is 11.8 Å². The second-order valence-corrected chi connectivity index (χ2v) is 6.55. The van der Waals surface area contributed by atoms with E-state index in [4.69, 9.17) is 9.47 Å². The lowest BCUT2D eigenvalue weighted by atomic mass is 9.92. The van der Waals surface area contributed by atoms with Gasteiger partial charge in [0.1, 0.15) is 11.9 Å². The number of carbonyl (C=O) groups is 1. The predicted octanol–water partition coefficient (Wildman–Crippen LogP) is 2.92. The van der Waals surface area contributed by atoms with Gasteiger partial charge in [0.15, 0.2) is 0 Å². The molecule has 1 fully saturated rings. The van der Waals surface area contributed by atoms with E-state index in [1.807, 2.05) is 24.3 Å². The van der Waals surface area contributed by atoms with Gasteiger partial charge >= 0.3 is 0 Å². The molecular formula is C20H25N3O3. The smallest absolute Gasteiger partial charge is 0.232 e. The number of ether oxygens (including phenoxy) is 2. The molecule has 0 saturated heterocycles. The number of methoxy groups -OCH3 is 1. The third kappa shape index (κ3) is 5.44. The van der Waals surface area contributed by atoms with E-state index in [1.165, 1.54) is 0 Å². The van der Waals surface area contributed by atoms with E-state index in [2.05, 4.69) is 15.3 Å². The van der Waals surface area contributed by atoms with Gasteiger partial charge in [-0.15, -0.1) is 0 Å². The molecule has 0 spiro atoms. The molecule has 1 amide bonds. The van der Waals surface area contributed by atoms with Crippen LogP contribution in [-0.4, -0.2) is 35.1 Å². The minimum absolute atomic E-state index is 0.110. The molecule has 1 aromatic carbocycles. The Morgan fingerprint density at radius 3 is 2.58 bits per heavy atom. The molecule has 0 atom stereocenters. The Labute approximate surface area is 154 Å². The van der Waals surface area contributed by atoms with Gasteiger partial charge in [0.25, 0.3) is 0 Å². The van der Waals surface area contributed by atoms with Crippen LogP contribution in [0.1, 0.15) is 37.7 Å². The van der Waals surface area contributed by atoms with Crippen LogP contribution in [0.4, 0.5) is 0 Å². The summed E-state index contributed by atoms with van der Waals surface area (Å²) in [6.07, 6.45) is 9.98. The molecule has 3 rings (SSSR count). The average Bonchev–Trinajstić information content (AvgIpc) is 2.69. The molecule has 0 bridgehead atoms. The van der Waals surface area contributed by atoms with Crippen molar-refractivity contribution >= 4 is 5.91 Å². The SMILES string of the molecule is COc1ccc(CCC(=O)NC2CCC(Oc3cnccn3)CC2)cc1. The number of benzene rings is 1. The Hall–Kier alpha value is -2.63. The van der Waals surface area contributed by atoms with Crippen LogP contribution >= 0.6 is 0 Å². The Morgan fingerprint density at radius 1 is 1.15 bits per heavy atom. The van der Waals surface area contributed by atoms with E-state index in [0.29, 0.717) is 12.3 Å². The number of aryl methyl sites for hydroxylation is 1. The maximum atomic E-state index is 12.2. The van der Waals surface area contributed by atoms with Crippen molar-refractivity contribution < 1.29 is 14.3 Å². The highest BCUT2D eigenvalue weighted by Gasteiger charge is 2.23. The monoisotopic (exact) mass is 355 g/mol. The molecule has 1 aromatic heterocycles. The van der Waals surface area contributed by atoms with E-state index in [1.54, 1.807) is 25.7 Å². The van der Waals surface area contributed by atoms with Crippen molar-refractivity contribution in [2.45, 2.75) is 50.7 Å². The van der Waals surface area contributed by atoms with Crippen LogP contribution in [0.25, 0.3) is 0 Å². The Bertz CT molecular complexity index is 683. The van der Waals surface area contributed by atoms with Crippen molar-refractivity contribution in [1.29, 1.82) is 0 Å². The molecule has 0 aliphatic heterocycles. The third-order valence-electron chi connectivity index (χ3n) is 4.67. The fourth-order valence-electron chi connectivity index (χ4n) is 3.19. The van der Waals surface area contributed by atoms with Gasteiger partial charge in [-0.2, -0.15) is 0 Å². The summed E-state index contributed by atoms with van der Waals surface area (Å²) in [7, 11) is 1.65. The van der Waals surface area contributed by atoms with Crippen molar-refractivity contribution in [3.05, 3.63) is 48.4 Å². The van der Waals surface area contributed by atoms with Crippen molar-refractivity contribution in [2.75, 3.05) is 7.11 Å². The normalized spacial score (nSPS) is 19.6. The summed E-state index contributed by atoms with van der Waals surface area (Å²) in [5.74, 6) is 1.51. The summed E-state index contributed by atoms with van der Waals surface area (Å²) in [6, 6.07) is 8.08. The topological polar surface area (TPSA) is 73.3 Å². The molecule has 1 heterocycles. The van der Waals surface area contributed by atoms with Gasteiger partial charge in [-0.3, -0.25) is 9.78 Å². The average molecular weight is 355 g/mol. The highest BCUT2D eigenvalue weighted by Crippen LogP contribution is 2.22. The molecule has 1 N–H and O–H groups in total. The van der Waals surface area contributed by atoms with E-state index in [0.717, 1.165) is 43.4 Å². The minimum atomic E-state index is 0.110. The summed E-state index contributed by atoms with van der Waals surface area (Å²) < 4.78 is 11.0. The maximum absolute atomic E-state index is 12.2. The molecule has 6 heteroatoms. The quantitative estimate of drug-likeness (QED) is 0.827. The van der Waals surface area contributed by atoms with Crippen LogP contribution < -0.4 is 14.8 Å². The fourth-order valence-corrected chi connectivity index (χ4v) is 3.19. The Morgan fingerprint density at radius 2 is 1.92 bits per heavy atom. The van der Waals surface area contributed by atoms with Crippen molar-refractivity contribution in [3.8, 4) is 11.6 Å². The lowest BCUT2D eigenvalue weighted by Crippen LogP contribution is -2.39. The van der Waals surface area contributed by atoms with E-state index in [-0.39, 0.29) is 18.1 Å². The number of hydrogen-bond acceptors (Lipinski definition) is 5. The number of amides is 1. The van der Waals surface area contributed by atoms with Crippen molar-refractivity contribution in [1.82, 2.24) is 15.3 Å². The van der Waals surface area contributed by atoms with Crippen LogP contribution in [0.5, 0.6) is 11.6 Å². The van der Waals surface area contributed by atoms with E-state index in [9.17, 15) is 4.79 Å². The zero-order valence-electron chi connectivity index (χ0n) is 15.1. The first kappa shape index (κ1) is 18.2. The summed E-state index contributed by atoms with van der Waals surface area (Å²) in [5.41, 5.74) is 1.14. The number of hydrogen-bond donors (Lipinski definition) is 1. The molecule has 2 aromatic rings. The standard InChI is InChI=1S/C20H25N3O3/c1-25-17-7-2-15(3-8-17)4-11-19(24)23-16-5-9-18(10-6-16)26-20-14-21-12-13-22-20/h2-3,7-8,12-14,16,18H,4-6,9-11H2,1H3,(H,23,24). The largest absolute Gasteiger partial charge is 0.497 e.